The maximum absolute atomic E-state index is 12.6. The number of nitrogens with two attached hydrogens (primary N) is 1. The second-order valence-corrected chi connectivity index (χ2v) is 7.51. The zero-order valence-electron chi connectivity index (χ0n) is 14.3. The highest BCUT2D eigenvalue weighted by atomic mass is 35.5. The number of aromatic amines is 1. The fraction of sp³-hybridized carbons (Fsp3) is 0.333. The summed E-state index contributed by atoms with van der Waals surface area (Å²) in [5.74, 6) is -0.0145. The molecular weight excluding hydrogens is 389 g/mol. The average molecular weight is 406 g/mol. The first-order chi connectivity index (χ1) is 13.0. The fourth-order valence-electron chi connectivity index (χ4n) is 3.59. The smallest absolute Gasteiger partial charge is 0.332 e. The second-order valence-electron chi connectivity index (χ2n) is 6.69. The summed E-state index contributed by atoms with van der Waals surface area (Å²) in [5.41, 5.74) is 6.11. The topological polar surface area (TPSA) is 107 Å². The molecule has 2 heterocycles. The molecule has 140 valence electrons. The summed E-state index contributed by atoms with van der Waals surface area (Å²) in [6.45, 7) is 0. The molecule has 0 saturated heterocycles. The molecule has 1 fully saturated rings. The van der Waals surface area contributed by atoms with Crippen molar-refractivity contribution in [1.29, 1.82) is 0 Å². The molecule has 9 heteroatoms. The molecule has 1 saturated carbocycles. The van der Waals surface area contributed by atoms with Crippen LogP contribution in [0, 0.1) is 0 Å². The first-order valence-corrected chi connectivity index (χ1v) is 9.49. The first-order valence-electron chi connectivity index (χ1n) is 8.73. The Labute approximate surface area is 164 Å². The van der Waals surface area contributed by atoms with E-state index < -0.39 is 11.6 Å². The lowest BCUT2D eigenvalue weighted by atomic mass is 9.88. The van der Waals surface area contributed by atoms with Crippen molar-refractivity contribution in [3.63, 3.8) is 0 Å². The van der Waals surface area contributed by atoms with E-state index in [-0.39, 0.29) is 17.1 Å². The largest absolute Gasteiger partial charge is 0.364 e. The predicted octanol–water partition coefficient (Wildman–Crippen LogP) is 3.56. The van der Waals surface area contributed by atoms with Gasteiger partial charge in [-0.1, -0.05) is 42.5 Å². The quantitative estimate of drug-likeness (QED) is 0.694. The van der Waals surface area contributed by atoms with E-state index in [2.05, 4.69) is 15.0 Å². The van der Waals surface area contributed by atoms with Gasteiger partial charge in [-0.25, -0.2) is 19.3 Å². The summed E-state index contributed by atoms with van der Waals surface area (Å²) in [6.07, 6.45) is 5.26. The van der Waals surface area contributed by atoms with Crippen molar-refractivity contribution < 1.29 is 4.79 Å². The Balaban J connectivity index is 1.97. The Morgan fingerprint density at radius 1 is 1.15 bits per heavy atom. The Morgan fingerprint density at radius 3 is 2.56 bits per heavy atom. The van der Waals surface area contributed by atoms with Crippen molar-refractivity contribution in [2.24, 2.45) is 5.73 Å². The molecule has 7 nitrogen and oxygen atoms in total. The average Bonchev–Trinajstić information content (AvgIpc) is 2.99. The van der Waals surface area contributed by atoms with Gasteiger partial charge in [0.2, 0.25) is 0 Å². The lowest BCUT2D eigenvalue weighted by Gasteiger charge is -2.20. The van der Waals surface area contributed by atoms with Crippen LogP contribution in [0.4, 0.5) is 0 Å². The van der Waals surface area contributed by atoms with E-state index in [4.69, 9.17) is 28.9 Å². The number of nitrogens with one attached hydrogen (secondary N) is 1. The molecule has 1 aliphatic carbocycles. The van der Waals surface area contributed by atoms with E-state index in [1.807, 2.05) is 0 Å². The second kappa shape index (κ2) is 6.98. The Hall–Kier alpha value is -2.38. The number of aromatic nitrogens is 4. The summed E-state index contributed by atoms with van der Waals surface area (Å²) >= 11 is 12.1. The van der Waals surface area contributed by atoms with Crippen molar-refractivity contribution in [2.75, 3.05) is 0 Å². The van der Waals surface area contributed by atoms with Crippen molar-refractivity contribution in [3.05, 3.63) is 50.2 Å². The molecule has 0 bridgehead atoms. The summed E-state index contributed by atoms with van der Waals surface area (Å²) < 4.78 is 1.36. The number of halogens is 2. The van der Waals surface area contributed by atoms with Crippen molar-refractivity contribution >= 4 is 40.3 Å². The van der Waals surface area contributed by atoms with Gasteiger partial charge >= 0.3 is 5.69 Å². The minimum Gasteiger partial charge on any atom is -0.364 e. The first kappa shape index (κ1) is 18.0. The lowest BCUT2D eigenvalue weighted by molar-refractivity contribution is 0.0996. The van der Waals surface area contributed by atoms with Crippen LogP contribution >= 0.6 is 23.2 Å². The predicted molar refractivity (Wildman–Crippen MR) is 104 cm³/mol. The van der Waals surface area contributed by atoms with E-state index in [0.717, 1.165) is 25.7 Å². The van der Waals surface area contributed by atoms with Crippen molar-refractivity contribution in [3.8, 4) is 5.69 Å². The summed E-state index contributed by atoms with van der Waals surface area (Å²) in [4.78, 5) is 36.2. The van der Waals surface area contributed by atoms with Crippen LogP contribution < -0.4 is 11.4 Å². The van der Waals surface area contributed by atoms with Crippen LogP contribution in [0.1, 0.15) is 54.3 Å². The third kappa shape index (κ3) is 3.21. The van der Waals surface area contributed by atoms with Gasteiger partial charge in [0.15, 0.2) is 11.3 Å². The normalized spacial score (nSPS) is 15.3. The van der Waals surface area contributed by atoms with E-state index >= 15 is 0 Å². The third-order valence-corrected chi connectivity index (χ3v) is 5.66. The number of carbonyl (C=O) groups excluding carboxylic acids is 1. The minimum absolute atomic E-state index is 0.0245. The molecule has 3 aromatic rings. The van der Waals surface area contributed by atoms with Gasteiger partial charge in [-0.15, -0.1) is 0 Å². The van der Waals surface area contributed by atoms with Gasteiger partial charge < -0.3 is 10.7 Å². The van der Waals surface area contributed by atoms with Gasteiger partial charge in [-0.2, -0.15) is 0 Å². The molecule has 1 amide bonds. The van der Waals surface area contributed by atoms with Crippen LogP contribution in [0.25, 0.3) is 16.9 Å². The molecule has 0 aliphatic heterocycles. The number of carbonyl (C=O) groups is 1. The molecule has 1 aliphatic rings. The highest BCUT2D eigenvalue weighted by Gasteiger charge is 2.24. The molecule has 0 atom stereocenters. The number of hydrogen-bond acceptors (Lipinski definition) is 4. The molecule has 1 aromatic carbocycles. The molecule has 0 radical (unpaired) electrons. The van der Waals surface area contributed by atoms with Gasteiger partial charge in [-0.3, -0.25) is 4.79 Å². The Morgan fingerprint density at radius 2 is 1.89 bits per heavy atom. The van der Waals surface area contributed by atoms with Gasteiger partial charge in [-0.05, 0) is 31.0 Å². The highest BCUT2D eigenvalue weighted by molar-refractivity contribution is 6.42. The monoisotopic (exact) mass is 405 g/mol. The van der Waals surface area contributed by atoms with E-state index in [9.17, 15) is 9.59 Å². The number of nitrogens with zero attached hydrogens (tertiary/aromatic N) is 3. The fourth-order valence-corrected chi connectivity index (χ4v) is 3.88. The van der Waals surface area contributed by atoms with Crippen LogP contribution in [0.15, 0.2) is 23.0 Å². The zero-order chi connectivity index (χ0) is 19.1. The number of fused-ring (bicyclic) bond motifs is 1. The minimum atomic E-state index is -0.706. The zero-order valence-corrected chi connectivity index (χ0v) is 15.8. The number of hydrogen-bond donors (Lipinski definition) is 2. The van der Waals surface area contributed by atoms with Crippen molar-refractivity contribution in [2.45, 2.75) is 38.0 Å². The Kier molecular flexibility index (Phi) is 4.65. The SMILES string of the molecule is NC(=O)c1nc(C2CCCCC2)nc2c1[nH]c(=O)n2-c1ccc(Cl)c(Cl)c1. The van der Waals surface area contributed by atoms with E-state index in [0.29, 0.717) is 27.2 Å². The summed E-state index contributed by atoms with van der Waals surface area (Å²) in [7, 11) is 0. The molecule has 0 unspecified atom stereocenters. The molecule has 3 N–H and O–H groups in total. The number of H-pyrrole nitrogens is 1. The maximum Gasteiger partial charge on any atom is 0.332 e. The number of amides is 1. The van der Waals surface area contributed by atoms with E-state index in [1.54, 1.807) is 18.2 Å². The van der Waals surface area contributed by atoms with Crippen molar-refractivity contribution in [1.82, 2.24) is 19.5 Å². The van der Waals surface area contributed by atoms with Crippen LogP contribution in [-0.4, -0.2) is 25.4 Å². The number of imidazole rings is 1. The molecule has 0 spiro atoms. The number of benzene rings is 1. The van der Waals surface area contributed by atoms with E-state index in [1.165, 1.54) is 11.0 Å². The highest BCUT2D eigenvalue weighted by Crippen LogP contribution is 2.32. The number of rotatable bonds is 3. The summed E-state index contributed by atoms with van der Waals surface area (Å²) in [6, 6.07) is 4.84. The summed E-state index contributed by atoms with van der Waals surface area (Å²) in [5, 5.41) is 0.691. The van der Waals surface area contributed by atoms with Gasteiger partial charge in [0.05, 0.1) is 15.7 Å². The molecule has 4 rings (SSSR count). The van der Waals surface area contributed by atoms with Crippen LogP contribution in [-0.2, 0) is 0 Å². The maximum atomic E-state index is 12.6. The standard InChI is InChI=1S/C18H17Cl2N5O2/c19-11-7-6-10(8-12(11)20)25-17-14(23-18(25)27)13(15(21)26)22-16(24-17)9-4-2-1-3-5-9/h6-9H,1-5H2,(H2,21,26)(H,23,27). The van der Waals surface area contributed by atoms with Crippen LogP contribution in [0.5, 0.6) is 0 Å². The van der Waals surface area contributed by atoms with Gasteiger partial charge in [0.25, 0.3) is 5.91 Å². The van der Waals surface area contributed by atoms with Gasteiger partial charge in [0.1, 0.15) is 11.3 Å². The van der Waals surface area contributed by atoms with Crippen LogP contribution in [0.2, 0.25) is 10.0 Å². The molecular formula is C18H17Cl2N5O2. The van der Waals surface area contributed by atoms with Gasteiger partial charge in [0, 0.05) is 5.92 Å². The van der Waals surface area contributed by atoms with Crippen LogP contribution in [0.3, 0.4) is 0 Å². The Bertz CT molecular complexity index is 1100. The number of primary amides is 1. The molecule has 27 heavy (non-hydrogen) atoms. The molecule has 2 aromatic heterocycles. The third-order valence-electron chi connectivity index (χ3n) is 4.92. The lowest BCUT2D eigenvalue weighted by Crippen LogP contribution is -2.18.